The van der Waals surface area contributed by atoms with E-state index in [-0.39, 0.29) is 26.4 Å². The Balaban J connectivity index is -0.000000336. The molecule has 0 spiro atoms. The van der Waals surface area contributed by atoms with Crippen LogP contribution in [-0.2, 0) is 0 Å². The Kier molecular flexibility index (Phi) is 60.7. The third kappa shape index (κ3) is 65.8. The lowest BCUT2D eigenvalue weighted by Gasteiger charge is -2.03. The fraction of sp³-hybridized carbons (Fsp3) is 1.00. The van der Waals surface area contributed by atoms with Crippen molar-refractivity contribution in [2.24, 2.45) is 0 Å². The van der Waals surface area contributed by atoms with Crippen LogP contribution in [0.4, 0.5) is 0 Å². The number of aliphatic hydroxyl groups excluding tert-OH is 4. The Bertz CT molecular complexity index is 163. The fourth-order valence-corrected chi connectivity index (χ4v) is 4.07. The lowest BCUT2D eigenvalue weighted by atomic mass is 10.0. The minimum atomic E-state index is 0.250. The molecular formula is C31H70O4. The lowest BCUT2D eigenvalue weighted by Crippen LogP contribution is -1.84. The molecule has 218 valence electrons. The maximum atomic E-state index is 7.57. The van der Waals surface area contributed by atoms with Crippen LogP contribution in [0.25, 0.3) is 0 Å². The van der Waals surface area contributed by atoms with E-state index in [9.17, 15) is 0 Å². The van der Waals surface area contributed by atoms with Gasteiger partial charge in [0.15, 0.2) is 0 Å². The molecule has 1 aliphatic rings. The van der Waals surface area contributed by atoms with Crippen LogP contribution < -0.4 is 0 Å². The largest absolute Gasteiger partial charge is 0.397 e. The van der Waals surface area contributed by atoms with Gasteiger partial charge < -0.3 is 20.4 Å². The fourth-order valence-electron chi connectivity index (χ4n) is 4.07. The standard InChI is InChI=1S/C23H46.4C2H6O/c1-2-4-6-8-10-12-14-16-18-20-22-23-21-19-17-15-13-11-9-7-5-3-1;4*1-2-3/h1-23H2;4*3H,2H2,1H3. The van der Waals surface area contributed by atoms with E-state index in [2.05, 4.69) is 0 Å². The molecule has 0 aromatic rings. The van der Waals surface area contributed by atoms with E-state index in [1.165, 1.54) is 148 Å². The molecule has 0 heterocycles. The summed E-state index contributed by atoms with van der Waals surface area (Å²) in [6.07, 6.45) is 34.5. The second kappa shape index (κ2) is 50.7. The van der Waals surface area contributed by atoms with Crippen molar-refractivity contribution in [2.45, 2.75) is 175 Å². The topological polar surface area (TPSA) is 80.9 Å². The monoisotopic (exact) mass is 507 g/mol. The van der Waals surface area contributed by atoms with Crippen molar-refractivity contribution in [2.75, 3.05) is 26.4 Å². The van der Waals surface area contributed by atoms with Gasteiger partial charge in [0.25, 0.3) is 0 Å². The molecule has 0 saturated heterocycles. The van der Waals surface area contributed by atoms with Crippen LogP contribution in [0.5, 0.6) is 0 Å². The molecule has 0 bridgehead atoms. The maximum absolute atomic E-state index is 7.57. The SMILES string of the molecule is C1CCCCCCCCCCCCCCCCCCCCCC1.CCO.CCO.CCO.CCO. The van der Waals surface area contributed by atoms with Crippen LogP contribution in [0.2, 0.25) is 0 Å². The second-order valence-corrected chi connectivity index (χ2v) is 9.40. The Morgan fingerprint density at radius 3 is 0.286 bits per heavy atom. The zero-order valence-corrected chi connectivity index (χ0v) is 24.9. The Morgan fingerprint density at radius 2 is 0.257 bits per heavy atom. The van der Waals surface area contributed by atoms with Crippen LogP contribution in [-0.4, -0.2) is 46.9 Å². The van der Waals surface area contributed by atoms with Gasteiger partial charge in [-0.2, -0.15) is 0 Å². The molecule has 0 radical (unpaired) electrons. The molecule has 0 aromatic heterocycles. The van der Waals surface area contributed by atoms with Crippen LogP contribution >= 0.6 is 0 Å². The second-order valence-electron chi connectivity index (χ2n) is 9.40. The summed E-state index contributed by atoms with van der Waals surface area (Å²) in [6.45, 7) is 7.72. The van der Waals surface area contributed by atoms with E-state index in [1.54, 1.807) is 27.7 Å². The van der Waals surface area contributed by atoms with Crippen molar-refractivity contribution in [3.05, 3.63) is 0 Å². The highest BCUT2D eigenvalue weighted by atomic mass is 16.3. The summed E-state index contributed by atoms with van der Waals surface area (Å²) in [5.74, 6) is 0. The zero-order valence-electron chi connectivity index (χ0n) is 24.9. The molecule has 0 amide bonds. The molecular weight excluding hydrogens is 436 g/mol. The van der Waals surface area contributed by atoms with E-state index in [1.807, 2.05) is 0 Å². The van der Waals surface area contributed by atoms with Gasteiger partial charge in [0.05, 0.1) is 0 Å². The number of rotatable bonds is 0. The molecule has 1 aliphatic carbocycles. The molecule has 1 saturated carbocycles. The number of hydrogen-bond acceptors (Lipinski definition) is 4. The molecule has 0 unspecified atom stereocenters. The molecule has 0 aromatic carbocycles. The van der Waals surface area contributed by atoms with Crippen LogP contribution in [0.15, 0.2) is 0 Å². The Labute approximate surface area is 222 Å². The molecule has 0 aliphatic heterocycles. The normalized spacial score (nSPS) is 17.8. The molecule has 35 heavy (non-hydrogen) atoms. The summed E-state index contributed by atoms with van der Waals surface area (Å²) < 4.78 is 0. The first-order chi connectivity index (χ1) is 17.2. The average Bonchev–Trinajstić information content (AvgIpc) is 2.82. The Morgan fingerprint density at radius 1 is 0.229 bits per heavy atom. The number of aliphatic hydroxyl groups is 4. The van der Waals surface area contributed by atoms with E-state index in [0.717, 1.165) is 0 Å². The van der Waals surface area contributed by atoms with Gasteiger partial charge in [0.2, 0.25) is 0 Å². The smallest absolute Gasteiger partial charge is 0.0402 e. The van der Waals surface area contributed by atoms with Gasteiger partial charge >= 0.3 is 0 Å². The summed E-state index contributed by atoms with van der Waals surface area (Å²) in [5.41, 5.74) is 0. The molecule has 1 fully saturated rings. The molecule has 1 rings (SSSR count). The molecule has 0 atom stereocenters. The molecule has 4 nitrogen and oxygen atoms in total. The first-order valence-corrected chi connectivity index (χ1v) is 15.6. The first-order valence-electron chi connectivity index (χ1n) is 15.6. The van der Waals surface area contributed by atoms with Crippen LogP contribution in [0.1, 0.15) is 175 Å². The highest BCUT2D eigenvalue weighted by Gasteiger charge is 1.97. The van der Waals surface area contributed by atoms with Crippen molar-refractivity contribution in [3.63, 3.8) is 0 Å². The van der Waals surface area contributed by atoms with Crippen molar-refractivity contribution in [1.82, 2.24) is 0 Å². The minimum Gasteiger partial charge on any atom is -0.397 e. The summed E-state index contributed by atoms with van der Waals surface area (Å²) in [4.78, 5) is 0. The lowest BCUT2D eigenvalue weighted by molar-refractivity contribution is 0.318. The quantitative estimate of drug-likeness (QED) is 0.264. The van der Waals surface area contributed by atoms with Crippen LogP contribution in [0, 0.1) is 0 Å². The zero-order chi connectivity index (χ0) is 27.1. The summed E-state index contributed by atoms with van der Waals surface area (Å²) in [7, 11) is 0. The Hall–Kier alpha value is -0.160. The van der Waals surface area contributed by atoms with Crippen molar-refractivity contribution in [1.29, 1.82) is 0 Å². The van der Waals surface area contributed by atoms with Gasteiger partial charge in [-0.25, -0.2) is 0 Å². The van der Waals surface area contributed by atoms with Gasteiger partial charge in [-0.05, 0) is 27.7 Å². The van der Waals surface area contributed by atoms with Crippen molar-refractivity contribution in [3.8, 4) is 0 Å². The summed E-state index contributed by atoms with van der Waals surface area (Å²) in [5, 5.41) is 30.3. The predicted molar refractivity (Wildman–Crippen MR) is 157 cm³/mol. The molecule has 4 N–H and O–H groups in total. The van der Waals surface area contributed by atoms with Gasteiger partial charge in [-0.1, -0.05) is 148 Å². The van der Waals surface area contributed by atoms with Gasteiger partial charge in [0, 0.05) is 26.4 Å². The van der Waals surface area contributed by atoms with E-state index >= 15 is 0 Å². The maximum Gasteiger partial charge on any atom is 0.0402 e. The summed E-state index contributed by atoms with van der Waals surface area (Å²) in [6, 6.07) is 0. The van der Waals surface area contributed by atoms with E-state index in [0.29, 0.717) is 0 Å². The first kappa shape index (κ1) is 41.9. The highest BCUT2D eigenvalue weighted by Crippen LogP contribution is 2.16. The predicted octanol–water partition coefficient (Wildman–Crippen LogP) is 8.97. The van der Waals surface area contributed by atoms with Gasteiger partial charge in [-0.3, -0.25) is 0 Å². The van der Waals surface area contributed by atoms with Crippen molar-refractivity contribution < 1.29 is 20.4 Å². The number of hydrogen-bond donors (Lipinski definition) is 4. The van der Waals surface area contributed by atoms with Crippen molar-refractivity contribution >= 4 is 0 Å². The third-order valence-corrected chi connectivity index (χ3v) is 5.75. The van der Waals surface area contributed by atoms with E-state index in [4.69, 9.17) is 20.4 Å². The molecule has 4 heteroatoms. The minimum absolute atomic E-state index is 0.250. The van der Waals surface area contributed by atoms with Gasteiger partial charge in [-0.15, -0.1) is 0 Å². The average molecular weight is 507 g/mol. The third-order valence-electron chi connectivity index (χ3n) is 5.75. The summed E-state index contributed by atoms with van der Waals surface area (Å²) >= 11 is 0. The van der Waals surface area contributed by atoms with Crippen LogP contribution in [0.3, 0.4) is 0 Å². The van der Waals surface area contributed by atoms with Gasteiger partial charge in [0.1, 0.15) is 0 Å². The highest BCUT2D eigenvalue weighted by molar-refractivity contribution is 4.52. The van der Waals surface area contributed by atoms with E-state index < -0.39 is 0 Å².